The number of aromatic nitrogens is 4. The molecule has 0 atom stereocenters. The molecule has 2 aromatic heterocycles. The smallest absolute Gasteiger partial charge is 0.482 e. The molecule has 0 amide bonds. The summed E-state index contributed by atoms with van der Waals surface area (Å²) in [7, 11) is 0.448. The molecule has 0 aliphatic carbocycles. The van der Waals surface area contributed by atoms with Gasteiger partial charge in [-0.1, -0.05) is 84.0 Å². The second-order valence-electron chi connectivity index (χ2n) is 6.90. The Morgan fingerprint density at radius 3 is 2.10 bits per heavy atom. The highest BCUT2D eigenvalue weighted by Crippen LogP contribution is 2.27. The second-order valence-corrected chi connectivity index (χ2v) is 8.47. The molecule has 0 aliphatic heterocycles. The van der Waals surface area contributed by atoms with Gasteiger partial charge in [0, 0.05) is 10.9 Å². The molecule has 5 aromatic rings. The summed E-state index contributed by atoms with van der Waals surface area (Å²) in [6, 6.07) is 32.7. The normalized spacial score (nSPS) is 10.8. The van der Waals surface area contributed by atoms with E-state index < -0.39 is 0 Å². The van der Waals surface area contributed by atoms with Crippen molar-refractivity contribution in [2.75, 3.05) is 0 Å². The van der Waals surface area contributed by atoms with Crippen LogP contribution in [0.4, 0.5) is 0 Å². The zero-order valence-electron chi connectivity index (χ0n) is 16.6. The van der Waals surface area contributed by atoms with Gasteiger partial charge < -0.3 is 3.79 Å². The first-order valence-electron chi connectivity index (χ1n) is 9.81. The van der Waals surface area contributed by atoms with Crippen LogP contribution in [0.5, 0.6) is 5.75 Å². The Bertz CT molecular complexity index is 1290. The molecule has 0 fully saturated rings. The number of hydrogen-bond acceptors (Lipinski definition) is 3. The van der Waals surface area contributed by atoms with Gasteiger partial charge in [0.1, 0.15) is 15.3 Å². The molecular weight excluding hydrogens is 415 g/mol. The Balaban J connectivity index is 1.63. The summed E-state index contributed by atoms with van der Waals surface area (Å²) in [5.74, 6) is 1.27. The van der Waals surface area contributed by atoms with Gasteiger partial charge in [-0.05, 0) is 18.2 Å². The summed E-state index contributed by atoms with van der Waals surface area (Å²) in [4.78, 5) is 0. The minimum absolute atomic E-state index is 0.448. The summed E-state index contributed by atoms with van der Waals surface area (Å²) in [6.07, 6.45) is 1.87. The SMILES string of the molecule is [Al][O]c1cn(-c2ccccc2)nc1-n1nc([Si]c2ccccc2)cc1-c1ccccc1. The molecule has 0 bridgehead atoms. The lowest BCUT2D eigenvalue weighted by Gasteiger charge is -2.07. The summed E-state index contributed by atoms with van der Waals surface area (Å²) < 4.78 is 9.28. The van der Waals surface area contributed by atoms with E-state index >= 15 is 0 Å². The van der Waals surface area contributed by atoms with Gasteiger partial charge in [-0.15, -0.1) is 5.10 Å². The van der Waals surface area contributed by atoms with Crippen LogP contribution in [0.1, 0.15) is 0 Å². The molecule has 2 heterocycles. The van der Waals surface area contributed by atoms with Gasteiger partial charge in [-0.2, -0.15) is 5.10 Å². The fraction of sp³-hybridized carbons (Fsp3) is 0. The number of hydrogen-bond donors (Lipinski definition) is 0. The topological polar surface area (TPSA) is 44.9 Å². The second kappa shape index (κ2) is 8.78. The summed E-state index contributed by atoms with van der Waals surface area (Å²) in [5, 5.41) is 12.0. The van der Waals surface area contributed by atoms with E-state index in [9.17, 15) is 0 Å². The first-order chi connectivity index (χ1) is 15.3. The van der Waals surface area contributed by atoms with Gasteiger partial charge in [0.15, 0.2) is 0 Å². The van der Waals surface area contributed by atoms with E-state index in [1.54, 1.807) is 0 Å². The van der Waals surface area contributed by atoms with Gasteiger partial charge in [-0.3, -0.25) is 0 Å². The van der Waals surface area contributed by atoms with Crippen molar-refractivity contribution in [3.63, 3.8) is 0 Å². The van der Waals surface area contributed by atoms with Crippen LogP contribution in [-0.2, 0) is 0 Å². The highest BCUT2D eigenvalue weighted by molar-refractivity contribution is 6.66. The summed E-state index contributed by atoms with van der Waals surface area (Å²) in [5.41, 5.74) is 3.00. The zero-order chi connectivity index (χ0) is 21.0. The van der Waals surface area contributed by atoms with Crippen molar-refractivity contribution in [2.24, 2.45) is 0 Å². The molecule has 146 valence electrons. The standard InChI is InChI=1S/C24H18N4OSi.Al/c29-22-17-27(19-12-6-2-7-13-19)26-24(22)28-21(18-10-4-1-5-11-18)16-23(25-28)30-20-14-8-3-9-15-20;/h1-17,29H;/q;+1/p-1. The van der Waals surface area contributed by atoms with E-state index in [1.165, 1.54) is 5.19 Å². The maximum absolute atomic E-state index is 5.60. The fourth-order valence-corrected chi connectivity index (χ4v) is 4.56. The van der Waals surface area contributed by atoms with E-state index in [4.69, 9.17) is 14.0 Å². The number of para-hydroxylation sites is 1. The van der Waals surface area contributed by atoms with Crippen LogP contribution in [0.25, 0.3) is 22.8 Å². The van der Waals surface area contributed by atoms with Crippen LogP contribution in [0.15, 0.2) is 103 Å². The van der Waals surface area contributed by atoms with Gasteiger partial charge >= 0.3 is 16.6 Å². The van der Waals surface area contributed by atoms with Crippen LogP contribution in [0, 0.1) is 0 Å². The van der Waals surface area contributed by atoms with Crippen LogP contribution in [0.3, 0.4) is 0 Å². The molecule has 0 saturated heterocycles. The molecule has 0 N–H and O–H groups in total. The Morgan fingerprint density at radius 1 is 0.774 bits per heavy atom. The average Bonchev–Trinajstić information content (AvgIpc) is 3.45. The predicted octanol–water partition coefficient (Wildman–Crippen LogP) is 2.84. The molecule has 0 unspecified atom stereocenters. The van der Waals surface area contributed by atoms with E-state index in [2.05, 4.69) is 59.1 Å². The molecule has 5 rings (SSSR count). The van der Waals surface area contributed by atoms with Crippen LogP contribution >= 0.6 is 0 Å². The van der Waals surface area contributed by atoms with Crippen LogP contribution < -0.4 is 14.3 Å². The van der Waals surface area contributed by atoms with Crippen molar-refractivity contribution in [3.8, 4) is 28.5 Å². The lowest BCUT2D eigenvalue weighted by Crippen LogP contribution is -2.28. The number of rotatable bonds is 6. The van der Waals surface area contributed by atoms with Crippen molar-refractivity contribution in [3.05, 3.63) is 103 Å². The minimum atomic E-state index is 0.448. The third kappa shape index (κ3) is 4.12. The van der Waals surface area contributed by atoms with E-state index in [-0.39, 0.29) is 0 Å². The Kier molecular flexibility index (Phi) is 5.55. The molecule has 0 saturated carbocycles. The summed E-state index contributed by atoms with van der Waals surface area (Å²) in [6.45, 7) is 0. The van der Waals surface area contributed by atoms with Crippen molar-refractivity contribution in [1.29, 1.82) is 0 Å². The highest BCUT2D eigenvalue weighted by atomic mass is 28.2. The molecule has 31 heavy (non-hydrogen) atoms. The highest BCUT2D eigenvalue weighted by Gasteiger charge is 2.19. The van der Waals surface area contributed by atoms with Crippen LogP contribution in [0.2, 0.25) is 0 Å². The quantitative estimate of drug-likeness (QED) is 0.388. The summed E-state index contributed by atoms with van der Waals surface area (Å²) >= 11 is 2.32. The monoisotopic (exact) mass is 432 g/mol. The number of benzene rings is 3. The molecule has 3 aromatic carbocycles. The average molecular weight is 432 g/mol. The lowest BCUT2D eigenvalue weighted by molar-refractivity contribution is 0.606. The third-order valence-electron chi connectivity index (χ3n) is 4.84. The molecular formula is C24H17AlN4OSi. The molecule has 4 radical (unpaired) electrons. The molecule has 0 spiro atoms. The van der Waals surface area contributed by atoms with E-state index in [0.29, 0.717) is 21.1 Å². The Morgan fingerprint density at radius 2 is 1.42 bits per heavy atom. The van der Waals surface area contributed by atoms with Crippen molar-refractivity contribution in [1.82, 2.24) is 19.6 Å². The van der Waals surface area contributed by atoms with Gasteiger partial charge in [0.25, 0.3) is 0 Å². The van der Waals surface area contributed by atoms with Crippen molar-refractivity contribution < 1.29 is 3.79 Å². The predicted molar refractivity (Wildman–Crippen MR) is 124 cm³/mol. The first-order valence-corrected chi connectivity index (χ1v) is 11.3. The lowest BCUT2D eigenvalue weighted by atomic mass is 10.1. The Hall–Kier alpha value is -3.37. The maximum atomic E-state index is 5.60. The first kappa shape index (κ1) is 19.6. The maximum Gasteiger partial charge on any atom is 0.482 e. The number of nitrogens with zero attached hydrogens (tertiary/aromatic N) is 4. The van der Waals surface area contributed by atoms with Gasteiger partial charge in [0.05, 0.1) is 17.6 Å². The largest absolute Gasteiger partial charge is 0.650 e. The van der Waals surface area contributed by atoms with Gasteiger partial charge in [-0.25, -0.2) is 9.36 Å². The molecule has 5 nitrogen and oxygen atoms in total. The van der Waals surface area contributed by atoms with Gasteiger partial charge in [0.2, 0.25) is 5.82 Å². The zero-order valence-corrected chi connectivity index (χ0v) is 18.7. The molecule has 7 heteroatoms. The van der Waals surface area contributed by atoms with Crippen molar-refractivity contribution >= 4 is 36.6 Å². The van der Waals surface area contributed by atoms with Crippen LogP contribution in [-0.4, -0.2) is 45.7 Å². The third-order valence-corrected chi connectivity index (χ3v) is 6.21. The van der Waals surface area contributed by atoms with E-state index in [1.807, 2.05) is 70.2 Å². The Labute approximate surface area is 191 Å². The van der Waals surface area contributed by atoms with Crippen molar-refractivity contribution in [2.45, 2.75) is 0 Å². The molecule has 0 aliphatic rings. The fourth-order valence-electron chi connectivity index (χ4n) is 3.38. The minimum Gasteiger partial charge on any atom is -0.650 e. The van der Waals surface area contributed by atoms with E-state index in [0.717, 1.165) is 22.3 Å².